The maximum absolute atomic E-state index is 12.4. The van der Waals surface area contributed by atoms with Gasteiger partial charge in [-0.2, -0.15) is 0 Å². The van der Waals surface area contributed by atoms with E-state index in [4.69, 9.17) is 0 Å². The third kappa shape index (κ3) is 1.39. The molecule has 2 aromatic rings. The smallest absolute Gasteiger partial charge is 0.194 e. The van der Waals surface area contributed by atoms with Crippen LogP contribution in [0.1, 0.15) is 28.4 Å². The Hall–Kier alpha value is -2.35. The fourth-order valence-electron chi connectivity index (χ4n) is 2.31. The molecule has 0 saturated carbocycles. The second kappa shape index (κ2) is 3.84. The molecule has 0 aromatic heterocycles. The van der Waals surface area contributed by atoms with Crippen LogP contribution in [0.3, 0.4) is 0 Å². The monoisotopic (exact) mass is 236 g/mol. The molecule has 2 nitrogen and oxygen atoms in total. The van der Waals surface area contributed by atoms with Gasteiger partial charge in [-0.1, -0.05) is 36.4 Å². The lowest BCUT2D eigenvalue weighted by atomic mass is 9.89. The maximum Gasteiger partial charge on any atom is 0.194 e. The number of hydrogen-bond donors (Lipinski definition) is 1. The molecule has 3 rings (SSSR count). The lowest BCUT2D eigenvalue weighted by Gasteiger charge is -2.15. The predicted octanol–water partition coefficient (Wildman–Crippen LogP) is 1.75. The molecule has 1 aliphatic carbocycles. The molecule has 0 atom stereocenters. The largest absolute Gasteiger partial charge is 0.507 e. The number of benzene rings is 2. The lowest BCUT2D eigenvalue weighted by Crippen LogP contribution is -2.27. The minimum absolute atomic E-state index is 0.0258. The SMILES string of the molecule is CC=c1ccc2c(c1)C(=O)c1ccccc1C=2O. The number of hydrogen-bond acceptors (Lipinski definition) is 2. The van der Waals surface area contributed by atoms with E-state index in [1.165, 1.54) is 0 Å². The van der Waals surface area contributed by atoms with Gasteiger partial charge in [0.2, 0.25) is 0 Å². The maximum atomic E-state index is 12.4. The van der Waals surface area contributed by atoms with Crippen LogP contribution in [0.15, 0.2) is 42.5 Å². The summed E-state index contributed by atoms with van der Waals surface area (Å²) in [5.74, 6) is 0.157. The second-order valence-corrected chi connectivity index (χ2v) is 4.32. The molecule has 0 radical (unpaired) electrons. The number of ketones is 1. The number of carbonyl (C=O) groups is 1. The van der Waals surface area contributed by atoms with E-state index in [0.717, 1.165) is 5.22 Å². The summed E-state index contributed by atoms with van der Waals surface area (Å²) in [6, 6.07) is 12.7. The second-order valence-electron chi connectivity index (χ2n) is 4.32. The Bertz CT molecular complexity index is 770. The summed E-state index contributed by atoms with van der Waals surface area (Å²) in [6.07, 6.45) is 1.94. The Morgan fingerprint density at radius 2 is 1.72 bits per heavy atom. The highest BCUT2D eigenvalue weighted by Crippen LogP contribution is 2.21. The molecule has 0 aliphatic heterocycles. The molecule has 0 unspecified atom stereocenters. The van der Waals surface area contributed by atoms with E-state index in [9.17, 15) is 9.90 Å². The number of aliphatic hydroxyl groups is 1. The highest BCUT2D eigenvalue weighted by molar-refractivity contribution is 6.13. The summed E-state index contributed by atoms with van der Waals surface area (Å²) in [7, 11) is 0. The van der Waals surface area contributed by atoms with Gasteiger partial charge in [-0.05, 0) is 24.3 Å². The summed E-state index contributed by atoms with van der Waals surface area (Å²) in [5, 5.41) is 11.8. The van der Waals surface area contributed by atoms with Crippen molar-refractivity contribution in [1.82, 2.24) is 0 Å². The first-order valence-electron chi connectivity index (χ1n) is 5.86. The van der Waals surface area contributed by atoms with E-state index in [0.29, 0.717) is 21.9 Å². The minimum atomic E-state index is -0.0258. The molecule has 1 aliphatic rings. The molecule has 1 N–H and O–H groups in total. The molecule has 0 amide bonds. The Kier molecular flexibility index (Phi) is 2.30. The summed E-state index contributed by atoms with van der Waals surface area (Å²) in [6.45, 7) is 1.92. The molecule has 0 heterocycles. The van der Waals surface area contributed by atoms with Crippen molar-refractivity contribution >= 4 is 17.6 Å². The molecule has 0 spiro atoms. The van der Waals surface area contributed by atoms with Crippen LogP contribution in [0.25, 0.3) is 11.8 Å². The van der Waals surface area contributed by atoms with Gasteiger partial charge in [-0.25, -0.2) is 0 Å². The highest BCUT2D eigenvalue weighted by atomic mass is 16.3. The van der Waals surface area contributed by atoms with Crippen LogP contribution in [0, 0.1) is 0 Å². The van der Waals surface area contributed by atoms with Crippen molar-refractivity contribution in [2.24, 2.45) is 0 Å². The van der Waals surface area contributed by atoms with Gasteiger partial charge < -0.3 is 5.11 Å². The summed E-state index contributed by atoms with van der Waals surface area (Å²) in [4.78, 5) is 12.4. The van der Waals surface area contributed by atoms with Gasteiger partial charge in [0.25, 0.3) is 0 Å². The predicted molar refractivity (Wildman–Crippen MR) is 70.8 cm³/mol. The van der Waals surface area contributed by atoms with Crippen LogP contribution in [0.2, 0.25) is 0 Å². The van der Waals surface area contributed by atoms with Crippen molar-refractivity contribution in [3.63, 3.8) is 0 Å². The molecular formula is C16H12O2. The third-order valence-corrected chi connectivity index (χ3v) is 3.30. The summed E-state index contributed by atoms with van der Waals surface area (Å²) >= 11 is 0. The van der Waals surface area contributed by atoms with Crippen molar-refractivity contribution in [1.29, 1.82) is 0 Å². The first-order chi connectivity index (χ1) is 8.72. The van der Waals surface area contributed by atoms with Crippen LogP contribution in [-0.4, -0.2) is 10.9 Å². The van der Waals surface area contributed by atoms with Crippen molar-refractivity contribution < 1.29 is 9.90 Å². The fraction of sp³-hybridized carbons (Fsp3) is 0.0625. The highest BCUT2D eigenvalue weighted by Gasteiger charge is 2.22. The van der Waals surface area contributed by atoms with Gasteiger partial charge in [-0.15, -0.1) is 0 Å². The summed E-state index contributed by atoms with van der Waals surface area (Å²) < 4.78 is 0. The van der Waals surface area contributed by atoms with Crippen LogP contribution in [-0.2, 0) is 0 Å². The zero-order chi connectivity index (χ0) is 12.7. The lowest BCUT2D eigenvalue weighted by molar-refractivity contribution is 0.103. The van der Waals surface area contributed by atoms with Gasteiger partial charge in [0.15, 0.2) is 5.78 Å². The fourth-order valence-corrected chi connectivity index (χ4v) is 2.31. The number of rotatable bonds is 0. The average molecular weight is 236 g/mol. The van der Waals surface area contributed by atoms with Gasteiger partial charge >= 0.3 is 0 Å². The first-order valence-corrected chi connectivity index (χ1v) is 5.86. The van der Waals surface area contributed by atoms with Gasteiger partial charge in [-0.3, -0.25) is 4.79 Å². The van der Waals surface area contributed by atoms with Gasteiger partial charge in [0, 0.05) is 21.9 Å². The minimum Gasteiger partial charge on any atom is -0.507 e. The van der Waals surface area contributed by atoms with Gasteiger partial charge in [0.05, 0.1) is 0 Å². The van der Waals surface area contributed by atoms with Crippen molar-refractivity contribution in [3.8, 4) is 0 Å². The van der Waals surface area contributed by atoms with Crippen molar-refractivity contribution in [2.75, 3.05) is 0 Å². The van der Waals surface area contributed by atoms with E-state index in [-0.39, 0.29) is 11.5 Å². The normalized spacial score (nSPS) is 14.4. The molecule has 0 bridgehead atoms. The van der Waals surface area contributed by atoms with Crippen LogP contribution >= 0.6 is 0 Å². The quantitative estimate of drug-likeness (QED) is 0.756. The van der Waals surface area contributed by atoms with E-state index in [1.54, 1.807) is 18.2 Å². The standard InChI is InChI=1S/C16H12O2/c1-2-10-7-8-13-14(9-10)16(18)12-6-4-3-5-11(12)15(13)17/h2-9,17H,1H3. The Balaban J connectivity index is 2.47. The van der Waals surface area contributed by atoms with Crippen LogP contribution in [0.5, 0.6) is 0 Å². The molecule has 88 valence electrons. The molecule has 0 saturated heterocycles. The van der Waals surface area contributed by atoms with E-state index in [1.807, 2.05) is 37.3 Å². The zero-order valence-electron chi connectivity index (χ0n) is 9.97. The molecular weight excluding hydrogens is 224 g/mol. The molecule has 18 heavy (non-hydrogen) atoms. The molecule has 2 aromatic carbocycles. The van der Waals surface area contributed by atoms with E-state index in [2.05, 4.69) is 0 Å². The van der Waals surface area contributed by atoms with Crippen molar-refractivity contribution in [2.45, 2.75) is 6.92 Å². The van der Waals surface area contributed by atoms with Gasteiger partial charge in [0.1, 0.15) is 5.76 Å². The van der Waals surface area contributed by atoms with Crippen LogP contribution in [0.4, 0.5) is 0 Å². The van der Waals surface area contributed by atoms with Crippen LogP contribution < -0.4 is 10.4 Å². The Morgan fingerprint density at radius 1 is 1.00 bits per heavy atom. The van der Waals surface area contributed by atoms with E-state index < -0.39 is 0 Å². The number of aliphatic hydroxyl groups excluding tert-OH is 1. The van der Waals surface area contributed by atoms with Crippen molar-refractivity contribution in [3.05, 3.63) is 69.6 Å². The zero-order valence-corrected chi connectivity index (χ0v) is 9.97. The van der Waals surface area contributed by atoms with E-state index >= 15 is 0 Å². The Labute approximate surface area is 105 Å². The number of carbonyl (C=O) groups excluding carboxylic acids is 1. The first kappa shape index (κ1) is 10.8. The average Bonchev–Trinajstić information content (AvgIpc) is 2.44. The summed E-state index contributed by atoms with van der Waals surface area (Å²) in [5.41, 5.74) is 1.75. The Morgan fingerprint density at radius 3 is 2.44 bits per heavy atom. The topological polar surface area (TPSA) is 37.3 Å². The molecule has 2 heteroatoms. The number of fused-ring (bicyclic) bond motifs is 2. The molecule has 0 fully saturated rings. The third-order valence-electron chi connectivity index (χ3n) is 3.30.